The third kappa shape index (κ3) is 3.29. The molecule has 2 N–H and O–H groups in total. The van der Waals surface area contributed by atoms with E-state index >= 15 is 0 Å². The van der Waals surface area contributed by atoms with Gasteiger partial charge in [0.15, 0.2) is 5.69 Å². The lowest BCUT2D eigenvalue weighted by molar-refractivity contribution is -0.141. The highest BCUT2D eigenvalue weighted by atomic mass is 32.2. The summed E-state index contributed by atoms with van der Waals surface area (Å²) in [4.78, 5) is 25.9. The number of alkyl halides is 5. The number of rotatable bonds is 3. The number of hydrogen-bond acceptors (Lipinski definition) is 6. The number of esters is 1. The molecule has 22 heavy (non-hydrogen) atoms. The molecule has 0 saturated heterocycles. The lowest BCUT2D eigenvalue weighted by Gasteiger charge is -2.17. The summed E-state index contributed by atoms with van der Waals surface area (Å²) in [6.45, 7) is 0. The van der Waals surface area contributed by atoms with Crippen LogP contribution in [-0.2, 0) is 10.9 Å². The minimum atomic E-state index is -5.20. The SMILES string of the molecule is COC(=O)c1c(C(F)F)nc(C(F)(F)F)c(C(=O)SC)c1N. The predicted molar refractivity (Wildman–Crippen MR) is 67.8 cm³/mol. The molecule has 0 aliphatic heterocycles. The summed E-state index contributed by atoms with van der Waals surface area (Å²) < 4.78 is 68.8. The van der Waals surface area contributed by atoms with E-state index < -0.39 is 51.9 Å². The maximum Gasteiger partial charge on any atom is 0.434 e. The van der Waals surface area contributed by atoms with Crippen LogP contribution in [0.2, 0.25) is 0 Å². The van der Waals surface area contributed by atoms with Crippen LogP contribution in [0.1, 0.15) is 38.5 Å². The Bertz CT molecular complexity index is 619. The molecular formula is C11H9F5N2O3S. The van der Waals surface area contributed by atoms with Crippen molar-refractivity contribution in [2.24, 2.45) is 0 Å². The zero-order chi connectivity index (χ0) is 17.2. The van der Waals surface area contributed by atoms with E-state index in [2.05, 4.69) is 9.72 Å². The van der Waals surface area contributed by atoms with Gasteiger partial charge in [-0.1, -0.05) is 11.8 Å². The first-order chi connectivity index (χ1) is 10.1. The Labute approximate surface area is 125 Å². The molecule has 0 bridgehead atoms. The number of hydrogen-bond donors (Lipinski definition) is 1. The predicted octanol–water partition coefficient (Wildman–Crippen LogP) is 2.91. The van der Waals surface area contributed by atoms with Gasteiger partial charge >= 0.3 is 12.1 Å². The number of nitrogens with zero attached hydrogens (tertiary/aromatic N) is 1. The van der Waals surface area contributed by atoms with Gasteiger partial charge in [0.25, 0.3) is 6.43 Å². The largest absolute Gasteiger partial charge is 0.465 e. The number of pyridine rings is 1. The first-order valence-electron chi connectivity index (χ1n) is 5.41. The second kappa shape index (κ2) is 6.46. The van der Waals surface area contributed by atoms with Gasteiger partial charge in [0.2, 0.25) is 5.12 Å². The minimum Gasteiger partial charge on any atom is -0.465 e. The number of carbonyl (C=O) groups is 2. The van der Waals surface area contributed by atoms with Crippen LogP contribution in [0, 0.1) is 0 Å². The molecule has 1 aromatic rings. The van der Waals surface area contributed by atoms with Gasteiger partial charge in [-0.15, -0.1) is 0 Å². The fourth-order valence-corrected chi connectivity index (χ4v) is 2.02. The molecule has 0 unspecified atom stereocenters. The van der Waals surface area contributed by atoms with Crippen LogP contribution in [0.15, 0.2) is 0 Å². The van der Waals surface area contributed by atoms with Crippen LogP contribution in [-0.4, -0.2) is 29.4 Å². The van der Waals surface area contributed by atoms with Crippen LogP contribution in [0.3, 0.4) is 0 Å². The highest BCUT2D eigenvalue weighted by Crippen LogP contribution is 2.39. The Morgan fingerprint density at radius 2 is 1.82 bits per heavy atom. The first kappa shape index (κ1) is 18.1. The average molecular weight is 344 g/mol. The molecule has 0 saturated carbocycles. The van der Waals surface area contributed by atoms with Crippen LogP contribution >= 0.6 is 11.8 Å². The van der Waals surface area contributed by atoms with Gasteiger partial charge in [-0.3, -0.25) is 4.79 Å². The molecule has 122 valence electrons. The number of anilines is 1. The van der Waals surface area contributed by atoms with Gasteiger partial charge in [0.05, 0.1) is 18.4 Å². The highest BCUT2D eigenvalue weighted by Gasteiger charge is 2.42. The Hall–Kier alpha value is -1.91. The number of ether oxygens (including phenoxy) is 1. The van der Waals surface area contributed by atoms with Gasteiger partial charge in [-0.05, 0) is 6.26 Å². The third-order valence-electron chi connectivity index (χ3n) is 2.52. The molecule has 0 atom stereocenters. The number of halogens is 5. The van der Waals surface area contributed by atoms with Crippen LogP contribution < -0.4 is 5.73 Å². The molecule has 0 fully saturated rings. The minimum absolute atomic E-state index is 0.366. The van der Waals surface area contributed by atoms with Crippen molar-refractivity contribution in [1.29, 1.82) is 0 Å². The second-order valence-electron chi connectivity index (χ2n) is 3.79. The summed E-state index contributed by atoms with van der Waals surface area (Å²) in [5.74, 6) is -1.41. The fourth-order valence-electron chi connectivity index (χ4n) is 1.61. The number of nitrogens with two attached hydrogens (primary N) is 1. The monoisotopic (exact) mass is 344 g/mol. The van der Waals surface area contributed by atoms with E-state index in [1.54, 1.807) is 0 Å². The Balaban J connectivity index is 3.89. The van der Waals surface area contributed by atoms with Gasteiger partial charge < -0.3 is 10.5 Å². The van der Waals surface area contributed by atoms with Gasteiger partial charge in [-0.25, -0.2) is 18.6 Å². The zero-order valence-electron chi connectivity index (χ0n) is 11.1. The molecule has 11 heteroatoms. The summed E-state index contributed by atoms with van der Waals surface area (Å²) in [5.41, 5.74) is -1.23. The zero-order valence-corrected chi connectivity index (χ0v) is 11.9. The van der Waals surface area contributed by atoms with E-state index in [0.717, 1.165) is 7.11 Å². The molecule has 1 heterocycles. The number of methoxy groups -OCH3 is 1. The molecule has 0 amide bonds. The van der Waals surface area contributed by atoms with Crippen molar-refractivity contribution in [3.05, 3.63) is 22.5 Å². The number of aromatic nitrogens is 1. The third-order valence-corrected chi connectivity index (χ3v) is 3.09. The molecule has 1 aromatic heterocycles. The van der Waals surface area contributed by atoms with E-state index in [0.29, 0.717) is 11.8 Å². The number of thioether (sulfide) groups is 1. The van der Waals surface area contributed by atoms with Crippen molar-refractivity contribution < 1.29 is 36.3 Å². The molecule has 1 rings (SSSR count). The van der Waals surface area contributed by atoms with Gasteiger partial charge in [0, 0.05) is 0 Å². The maximum absolute atomic E-state index is 12.9. The van der Waals surface area contributed by atoms with Crippen LogP contribution in [0.4, 0.5) is 27.6 Å². The summed E-state index contributed by atoms with van der Waals surface area (Å²) in [5, 5.41) is -1.16. The highest BCUT2D eigenvalue weighted by molar-refractivity contribution is 8.13. The molecule has 0 spiro atoms. The van der Waals surface area contributed by atoms with Crippen molar-refractivity contribution in [2.75, 3.05) is 19.1 Å². The lowest BCUT2D eigenvalue weighted by atomic mass is 10.0. The topological polar surface area (TPSA) is 82.3 Å². The van der Waals surface area contributed by atoms with E-state index in [-0.39, 0.29) is 0 Å². The Morgan fingerprint density at radius 1 is 1.27 bits per heavy atom. The van der Waals surface area contributed by atoms with Crippen molar-refractivity contribution in [3.63, 3.8) is 0 Å². The van der Waals surface area contributed by atoms with Crippen molar-refractivity contribution in [2.45, 2.75) is 12.6 Å². The second-order valence-corrected chi connectivity index (χ2v) is 4.57. The molecule has 0 aliphatic rings. The van der Waals surface area contributed by atoms with Gasteiger partial charge in [-0.2, -0.15) is 13.2 Å². The van der Waals surface area contributed by atoms with E-state index in [1.165, 1.54) is 6.26 Å². The van der Waals surface area contributed by atoms with Crippen LogP contribution in [0.25, 0.3) is 0 Å². The standard InChI is InChI=1S/C11H9F5N2O3S/c1-21-9(19)3-5(17)4(10(20)22-2)7(11(14,15)16)18-6(3)8(12)13/h8H,1-2H3,(H2,17,18). The number of nitrogen functional groups attached to an aromatic ring is 1. The quantitative estimate of drug-likeness (QED) is 0.671. The van der Waals surface area contributed by atoms with Crippen molar-refractivity contribution in [3.8, 4) is 0 Å². The molecule has 0 radical (unpaired) electrons. The fraction of sp³-hybridized carbons (Fsp3) is 0.364. The summed E-state index contributed by atoms with van der Waals surface area (Å²) in [6.07, 6.45) is -7.55. The molecule has 0 aliphatic carbocycles. The van der Waals surface area contributed by atoms with Crippen molar-refractivity contribution in [1.82, 2.24) is 4.98 Å². The summed E-state index contributed by atoms with van der Waals surface area (Å²) in [7, 11) is 0.824. The van der Waals surface area contributed by atoms with Crippen LogP contribution in [0.5, 0.6) is 0 Å². The Morgan fingerprint density at radius 3 is 2.18 bits per heavy atom. The van der Waals surface area contributed by atoms with E-state index in [1.807, 2.05) is 0 Å². The summed E-state index contributed by atoms with van der Waals surface area (Å²) in [6, 6.07) is 0. The Kier molecular flexibility index (Phi) is 5.33. The molecule has 5 nitrogen and oxygen atoms in total. The normalized spacial score (nSPS) is 11.6. The molecule has 0 aromatic carbocycles. The van der Waals surface area contributed by atoms with Gasteiger partial charge in [0.1, 0.15) is 11.3 Å². The number of carbonyl (C=O) groups excluding carboxylic acids is 2. The van der Waals surface area contributed by atoms with E-state index in [9.17, 15) is 31.5 Å². The smallest absolute Gasteiger partial charge is 0.434 e. The summed E-state index contributed by atoms with van der Waals surface area (Å²) >= 11 is 0.366. The maximum atomic E-state index is 12.9. The van der Waals surface area contributed by atoms with E-state index in [4.69, 9.17) is 5.73 Å². The average Bonchev–Trinajstić information content (AvgIpc) is 2.43. The lowest BCUT2D eigenvalue weighted by Crippen LogP contribution is -2.22. The molecular weight excluding hydrogens is 335 g/mol. The van der Waals surface area contributed by atoms with Crippen molar-refractivity contribution >= 4 is 28.5 Å². The first-order valence-corrected chi connectivity index (χ1v) is 6.64.